The van der Waals surface area contributed by atoms with Crippen LogP contribution in [0.15, 0.2) is 30.5 Å². The first kappa shape index (κ1) is 18.5. The largest absolute Gasteiger partial charge is 0.496 e. The third-order valence-corrected chi connectivity index (χ3v) is 4.26. The Morgan fingerprint density at radius 2 is 1.96 bits per heavy atom. The second-order valence-corrected chi connectivity index (χ2v) is 6.72. The average Bonchev–Trinajstić information content (AvgIpc) is 2.92. The van der Waals surface area contributed by atoms with Gasteiger partial charge in [0.15, 0.2) is 0 Å². The smallest absolute Gasteiger partial charge is 0.123 e. The van der Waals surface area contributed by atoms with Crippen molar-refractivity contribution in [1.29, 1.82) is 0 Å². The van der Waals surface area contributed by atoms with E-state index in [0.717, 1.165) is 18.8 Å². The summed E-state index contributed by atoms with van der Waals surface area (Å²) in [5.74, 6) is 1.36. The molecule has 0 aliphatic heterocycles. The van der Waals surface area contributed by atoms with Crippen molar-refractivity contribution in [2.45, 2.75) is 32.4 Å². The molecular formula is C19H30N4O. The van der Waals surface area contributed by atoms with E-state index in [1.54, 1.807) is 7.11 Å². The van der Waals surface area contributed by atoms with Gasteiger partial charge >= 0.3 is 0 Å². The highest BCUT2D eigenvalue weighted by molar-refractivity contribution is 5.36. The summed E-state index contributed by atoms with van der Waals surface area (Å²) >= 11 is 0. The van der Waals surface area contributed by atoms with Crippen LogP contribution in [0.5, 0.6) is 5.75 Å². The van der Waals surface area contributed by atoms with Gasteiger partial charge in [0.05, 0.1) is 18.8 Å². The highest BCUT2D eigenvalue weighted by atomic mass is 16.5. The SMILES string of the molecule is COc1ccccc1C(CNCc1cn(C)nc1C(C)C)N(C)C. The van der Waals surface area contributed by atoms with Crippen molar-refractivity contribution in [3.05, 3.63) is 47.3 Å². The lowest BCUT2D eigenvalue weighted by Gasteiger charge is -2.26. The fourth-order valence-corrected chi connectivity index (χ4v) is 3.03. The van der Waals surface area contributed by atoms with Gasteiger partial charge in [-0.2, -0.15) is 5.10 Å². The number of aromatic nitrogens is 2. The molecule has 0 radical (unpaired) electrons. The molecule has 132 valence electrons. The topological polar surface area (TPSA) is 42.3 Å². The van der Waals surface area contributed by atoms with Gasteiger partial charge in [0.2, 0.25) is 0 Å². The summed E-state index contributed by atoms with van der Waals surface area (Å²) in [4.78, 5) is 2.22. The molecule has 2 aromatic rings. The van der Waals surface area contributed by atoms with E-state index >= 15 is 0 Å². The average molecular weight is 330 g/mol. The van der Waals surface area contributed by atoms with Crippen molar-refractivity contribution in [2.75, 3.05) is 27.7 Å². The van der Waals surface area contributed by atoms with Gasteiger partial charge in [0.1, 0.15) is 5.75 Å². The highest BCUT2D eigenvalue weighted by Gasteiger charge is 2.18. The van der Waals surface area contributed by atoms with E-state index in [4.69, 9.17) is 4.74 Å². The molecule has 1 N–H and O–H groups in total. The minimum atomic E-state index is 0.250. The van der Waals surface area contributed by atoms with Crippen LogP contribution in [0.4, 0.5) is 0 Å². The van der Waals surface area contributed by atoms with Crippen molar-refractivity contribution in [1.82, 2.24) is 20.0 Å². The molecule has 0 fully saturated rings. The van der Waals surface area contributed by atoms with Gasteiger partial charge in [-0.1, -0.05) is 32.0 Å². The molecule has 5 heteroatoms. The van der Waals surface area contributed by atoms with Crippen LogP contribution in [0.25, 0.3) is 0 Å². The van der Waals surface area contributed by atoms with Gasteiger partial charge in [-0.3, -0.25) is 4.68 Å². The predicted octanol–water partition coefficient (Wildman–Crippen LogP) is 2.94. The van der Waals surface area contributed by atoms with E-state index in [9.17, 15) is 0 Å². The van der Waals surface area contributed by atoms with Crippen molar-refractivity contribution >= 4 is 0 Å². The summed E-state index contributed by atoms with van der Waals surface area (Å²) in [7, 11) is 7.90. The fourth-order valence-electron chi connectivity index (χ4n) is 3.03. The number of nitrogens with zero attached hydrogens (tertiary/aromatic N) is 3. The van der Waals surface area contributed by atoms with Crippen LogP contribution in [0.3, 0.4) is 0 Å². The van der Waals surface area contributed by atoms with Gasteiger partial charge in [0.25, 0.3) is 0 Å². The second kappa shape index (κ2) is 8.31. The maximum Gasteiger partial charge on any atom is 0.123 e. The Hall–Kier alpha value is -1.85. The fraction of sp³-hybridized carbons (Fsp3) is 0.526. The molecule has 5 nitrogen and oxygen atoms in total. The Morgan fingerprint density at radius 1 is 1.25 bits per heavy atom. The molecule has 1 aromatic heterocycles. The lowest BCUT2D eigenvalue weighted by Crippen LogP contribution is -2.31. The number of benzene rings is 1. The summed E-state index contributed by atoms with van der Waals surface area (Å²) in [5, 5.41) is 8.17. The Kier molecular flexibility index (Phi) is 6.40. The van der Waals surface area contributed by atoms with E-state index in [2.05, 4.69) is 61.6 Å². The van der Waals surface area contributed by atoms with Crippen LogP contribution in [-0.4, -0.2) is 42.4 Å². The zero-order valence-corrected chi connectivity index (χ0v) is 15.7. The Labute approximate surface area is 145 Å². The van der Waals surface area contributed by atoms with Gasteiger partial charge in [0, 0.05) is 37.5 Å². The molecule has 1 unspecified atom stereocenters. The molecule has 24 heavy (non-hydrogen) atoms. The van der Waals surface area contributed by atoms with E-state index in [1.807, 2.05) is 23.9 Å². The van der Waals surface area contributed by atoms with Crippen LogP contribution in [0.1, 0.15) is 42.6 Å². The predicted molar refractivity (Wildman–Crippen MR) is 98.4 cm³/mol. The Morgan fingerprint density at radius 3 is 2.58 bits per heavy atom. The van der Waals surface area contributed by atoms with E-state index < -0.39 is 0 Å². The van der Waals surface area contributed by atoms with Gasteiger partial charge in [-0.05, 0) is 26.1 Å². The van der Waals surface area contributed by atoms with Crippen molar-refractivity contribution in [3.8, 4) is 5.75 Å². The summed E-state index contributed by atoms with van der Waals surface area (Å²) in [6, 6.07) is 8.47. The number of aryl methyl sites for hydroxylation is 1. The molecule has 0 bridgehead atoms. The zero-order chi connectivity index (χ0) is 17.7. The lowest BCUT2D eigenvalue weighted by atomic mass is 10.0. The lowest BCUT2D eigenvalue weighted by molar-refractivity contribution is 0.279. The minimum absolute atomic E-state index is 0.250. The van der Waals surface area contributed by atoms with E-state index in [0.29, 0.717) is 5.92 Å². The van der Waals surface area contributed by atoms with Gasteiger partial charge < -0.3 is 15.0 Å². The normalized spacial score (nSPS) is 12.8. The quantitative estimate of drug-likeness (QED) is 0.808. The number of para-hydroxylation sites is 1. The van der Waals surface area contributed by atoms with E-state index in [1.165, 1.54) is 16.8 Å². The maximum absolute atomic E-state index is 5.53. The van der Waals surface area contributed by atoms with Crippen LogP contribution < -0.4 is 10.1 Å². The molecule has 1 heterocycles. The van der Waals surface area contributed by atoms with Gasteiger partial charge in [-0.25, -0.2) is 0 Å². The molecule has 0 aliphatic rings. The van der Waals surface area contributed by atoms with Crippen LogP contribution in [0, 0.1) is 0 Å². The standard InChI is InChI=1S/C19H30N4O/c1-14(2)19-15(13-23(5)21-19)11-20-12-17(22(3)4)16-9-7-8-10-18(16)24-6/h7-10,13-14,17,20H,11-12H2,1-6H3. The molecular weight excluding hydrogens is 300 g/mol. The summed E-state index contributed by atoms with van der Waals surface area (Å²) in [5.41, 5.74) is 3.64. The highest BCUT2D eigenvalue weighted by Crippen LogP contribution is 2.27. The molecule has 0 saturated carbocycles. The number of ether oxygens (including phenoxy) is 1. The number of hydrogen-bond acceptors (Lipinski definition) is 4. The van der Waals surface area contributed by atoms with Crippen LogP contribution in [-0.2, 0) is 13.6 Å². The molecule has 0 spiro atoms. The summed E-state index contributed by atoms with van der Waals surface area (Å²) in [6.45, 7) is 6.03. The number of methoxy groups -OCH3 is 1. The van der Waals surface area contributed by atoms with E-state index in [-0.39, 0.29) is 6.04 Å². The monoisotopic (exact) mass is 330 g/mol. The van der Waals surface area contributed by atoms with Crippen LogP contribution >= 0.6 is 0 Å². The number of hydrogen-bond donors (Lipinski definition) is 1. The number of likely N-dealkylation sites (N-methyl/N-ethyl adjacent to an activating group) is 1. The first-order valence-corrected chi connectivity index (χ1v) is 8.46. The molecule has 0 amide bonds. The number of nitrogens with one attached hydrogen (secondary N) is 1. The third kappa shape index (κ3) is 4.36. The first-order chi connectivity index (χ1) is 11.4. The van der Waals surface area contributed by atoms with Crippen molar-refractivity contribution < 1.29 is 4.74 Å². The third-order valence-electron chi connectivity index (χ3n) is 4.26. The summed E-state index contributed by atoms with van der Waals surface area (Å²) in [6.07, 6.45) is 2.11. The maximum atomic E-state index is 5.53. The summed E-state index contributed by atoms with van der Waals surface area (Å²) < 4.78 is 7.43. The zero-order valence-electron chi connectivity index (χ0n) is 15.7. The minimum Gasteiger partial charge on any atom is -0.496 e. The molecule has 2 rings (SSSR count). The Balaban J connectivity index is 2.08. The number of rotatable bonds is 8. The van der Waals surface area contributed by atoms with Crippen molar-refractivity contribution in [3.63, 3.8) is 0 Å². The van der Waals surface area contributed by atoms with Crippen molar-refractivity contribution in [2.24, 2.45) is 7.05 Å². The molecule has 1 aromatic carbocycles. The first-order valence-electron chi connectivity index (χ1n) is 8.46. The Bertz CT molecular complexity index is 649. The molecule has 0 saturated heterocycles. The van der Waals surface area contributed by atoms with Gasteiger partial charge in [-0.15, -0.1) is 0 Å². The second-order valence-electron chi connectivity index (χ2n) is 6.72. The molecule has 1 atom stereocenters. The van der Waals surface area contributed by atoms with Crippen LogP contribution in [0.2, 0.25) is 0 Å². The molecule has 0 aliphatic carbocycles.